The molecule has 2 rings (SSSR count). The van der Waals surface area contributed by atoms with Crippen LogP contribution in [0.1, 0.15) is 0 Å². The van der Waals surface area contributed by atoms with Gasteiger partial charge in [0.05, 0.1) is 0 Å². The predicted molar refractivity (Wildman–Crippen MR) is 52.7 cm³/mol. The summed E-state index contributed by atoms with van der Waals surface area (Å²) in [6.07, 6.45) is 0.953. The summed E-state index contributed by atoms with van der Waals surface area (Å²) in [6.45, 7) is 0. The van der Waals surface area contributed by atoms with E-state index in [-0.39, 0.29) is 0 Å². The van der Waals surface area contributed by atoms with Crippen molar-refractivity contribution in [2.75, 3.05) is 0 Å². The third-order valence-electron chi connectivity index (χ3n) is 2.24. The van der Waals surface area contributed by atoms with E-state index >= 15 is 0 Å². The largest absolute Gasteiger partial charge is 0.387 e. The van der Waals surface area contributed by atoms with Crippen molar-refractivity contribution in [3.63, 3.8) is 0 Å². The fraction of sp³-hybridized carbons (Fsp3) is 0.714. The molecule has 0 aliphatic carbocycles. The Morgan fingerprint density at radius 3 is 1.77 bits per heavy atom. The molecule has 74 valence electrons. The Morgan fingerprint density at radius 2 is 1.38 bits per heavy atom. The maximum Gasteiger partial charge on any atom is 0.176 e. The summed E-state index contributed by atoms with van der Waals surface area (Å²) in [6, 6.07) is 0. The van der Waals surface area contributed by atoms with E-state index in [1.807, 2.05) is 0 Å². The second-order valence-electron chi connectivity index (χ2n) is 3.11. The van der Waals surface area contributed by atoms with Crippen LogP contribution in [0.4, 0.5) is 0 Å². The molecule has 2 aliphatic heterocycles. The number of hydrogen-bond donors (Lipinski definition) is 1. The zero-order valence-electron chi connectivity index (χ0n) is 6.25. The second-order valence-corrected chi connectivity index (χ2v) is 6.00. The van der Waals surface area contributed by atoms with Gasteiger partial charge in [-0.1, -0.05) is 58.6 Å². The minimum Gasteiger partial charge on any atom is -0.387 e. The minimum atomic E-state index is -1.49. The van der Waals surface area contributed by atoms with E-state index < -0.39 is 27.0 Å². The lowest BCUT2D eigenvalue weighted by Gasteiger charge is -2.43. The zero-order valence-corrected chi connectivity index (χ0v) is 9.28. The quantitative estimate of drug-likeness (QED) is 0.535. The maximum absolute atomic E-state index is 9.70. The number of alkyl halides is 4. The molecule has 2 aliphatic rings. The van der Waals surface area contributed by atoms with Gasteiger partial charge in [-0.3, -0.25) is 0 Å². The first-order chi connectivity index (χ1) is 5.87. The molecule has 0 aromatic carbocycles. The van der Waals surface area contributed by atoms with E-state index in [1.54, 1.807) is 12.2 Å². The van der Waals surface area contributed by atoms with Crippen molar-refractivity contribution in [2.45, 2.75) is 27.0 Å². The number of aliphatic hydroxyl groups excluding tert-OH is 1. The van der Waals surface area contributed by atoms with Crippen molar-refractivity contribution in [3.05, 3.63) is 12.2 Å². The van der Waals surface area contributed by atoms with Gasteiger partial charge in [-0.2, -0.15) is 0 Å². The lowest BCUT2D eigenvalue weighted by molar-refractivity contribution is -0.0567. The Balaban J connectivity index is 2.41. The maximum atomic E-state index is 9.70. The molecule has 3 atom stereocenters. The number of ether oxygens (including phenoxy) is 1. The van der Waals surface area contributed by atoms with Crippen molar-refractivity contribution >= 4 is 46.4 Å². The van der Waals surface area contributed by atoms with Gasteiger partial charge in [0.25, 0.3) is 0 Å². The molecular formula is C7H6Cl4O2. The van der Waals surface area contributed by atoms with Gasteiger partial charge in [0.1, 0.15) is 18.3 Å². The Labute approximate surface area is 95.3 Å². The smallest absolute Gasteiger partial charge is 0.176 e. The number of aliphatic hydroxyl groups is 1. The summed E-state index contributed by atoms with van der Waals surface area (Å²) < 4.78 is 2.31. The van der Waals surface area contributed by atoms with Gasteiger partial charge in [0.2, 0.25) is 0 Å². The molecule has 0 spiro atoms. The monoisotopic (exact) mass is 262 g/mol. The minimum absolute atomic E-state index is 0.554. The van der Waals surface area contributed by atoms with Crippen molar-refractivity contribution in [3.8, 4) is 0 Å². The van der Waals surface area contributed by atoms with Crippen LogP contribution in [-0.2, 0) is 4.74 Å². The summed E-state index contributed by atoms with van der Waals surface area (Å²) in [5.74, 6) is 0. The molecule has 2 bridgehead atoms. The Kier molecular flexibility index (Phi) is 2.31. The van der Waals surface area contributed by atoms with Crippen LogP contribution in [0.2, 0.25) is 0 Å². The highest BCUT2D eigenvalue weighted by Gasteiger charge is 2.62. The van der Waals surface area contributed by atoms with Crippen molar-refractivity contribution in [1.29, 1.82) is 0 Å². The van der Waals surface area contributed by atoms with E-state index in [0.717, 1.165) is 0 Å². The highest BCUT2D eigenvalue weighted by molar-refractivity contribution is 6.54. The molecule has 0 aromatic heterocycles. The normalized spacial score (nSPS) is 45.2. The van der Waals surface area contributed by atoms with Crippen LogP contribution < -0.4 is 0 Å². The van der Waals surface area contributed by atoms with Crippen LogP contribution in [0.25, 0.3) is 0 Å². The average Bonchev–Trinajstić information content (AvgIpc) is 2.48. The molecule has 0 saturated carbocycles. The predicted octanol–water partition coefficient (Wildman–Crippen LogP) is 2.03. The standard InChI is InChI=1S/C7H6Cl4O2/c8-6(9)3-1-2-4(13-3)7(10,11)5(6)12/h1-5,12H/t3-,4+,5?. The van der Waals surface area contributed by atoms with E-state index in [9.17, 15) is 5.11 Å². The van der Waals surface area contributed by atoms with Crippen molar-refractivity contribution in [2.24, 2.45) is 0 Å². The Bertz CT molecular complexity index is 239. The highest BCUT2D eigenvalue weighted by Crippen LogP contribution is 2.51. The van der Waals surface area contributed by atoms with Crippen LogP contribution in [0, 0.1) is 0 Å². The van der Waals surface area contributed by atoms with E-state index in [4.69, 9.17) is 51.1 Å². The summed E-state index contributed by atoms with van der Waals surface area (Å²) in [7, 11) is 0. The first-order valence-corrected chi connectivity index (χ1v) is 5.15. The van der Waals surface area contributed by atoms with Crippen molar-refractivity contribution in [1.82, 2.24) is 0 Å². The van der Waals surface area contributed by atoms with Gasteiger partial charge < -0.3 is 9.84 Å². The lowest BCUT2D eigenvalue weighted by atomic mass is 10.0. The molecule has 1 N–H and O–H groups in total. The summed E-state index contributed by atoms with van der Waals surface area (Å²) >= 11 is 23.5. The van der Waals surface area contributed by atoms with E-state index in [0.29, 0.717) is 0 Å². The topological polar surface area (TPSA) is 29.5 Å². The van der Waals surface area contributed by atoms with Gasteiger partial charge >= 0.3 is 0 Å². The van der Waals surface area contributed by atoms with Crippen LogP contribution in [0.3, 0.4) is 0 Å². The molecule has 1 saturated heterocycles. The van der Waals surface area contributed by atoms with Gasteiger partial charge in [0, 0.05) is 0 Å². The first kappa shape index (κ1) is 10.3. The molecule has 2 heterocycles. The average molecular weight is 264 g/mol. The van der Waals surface area contributed by atoms with E-state index in [1.165, 1.54) is 0 Å². The molecule has 0 amide bonds. The third-order valence-corrected chi connectivity index (χ3v) is 3.93. The molecular weight excluding hydrogens is 258 g/mol. The molecule has 1 unspecified atom stereocenters. The van der Waals surface area contributed by atoms with Gasteiger partial charge in [0.15, 0.2) is 8.67 Å². The van der Waals surface area contributed by atoms with Crippen molar-refractivity contribution < 1.29 is 9.84 Å². The lowest BCUT2D eigenvalue weighted by Crippen LogP contribution is -2.60. The Hall–Kier alpha value is 0.820. The summed E-state index contributed by atoms with van der Waals surface area (Å²) in [5, 5.41) is 9.70. The van der Waals surface area contributed by atoms with Gasteiger partial charge in [-0.15, -0.1) is 0 Å². The zero-order chi connectivity index (χ0) is 9.85. The molecule has 6 heteroatoms. The molecule has 13 heavy (non-hydrogen) atoms. The third kappa shape index (κ3) is 1.31. The first-order valence-electron chi connectivity index (χ1n) is 3.64. The summed E-state index contributed by atoms with van der Waals surface area (Å²) in [4.78, 5) is 0. The number of fused-ring (bicyclic) bond motifs is 2. The molecule has 1 fully saturated rings. The highest BCUT2D eigenvalue weighted by atomic mass is 35.5. The fourth-order valence-electron chi connectivity index (χ4n) is 1.46. The molecule has 0 radical (unpaired) electrons. The van der Waals surface area contributed by atoms with Crippen LogP contribution >= 0.6 is 46.4 Å². The molecule has 0 aromatic rings. The number of hydrogen-bond acceptors (Lipinski definition) is 2. The SMILES string of the molecule is OC1C(Cl)(Cl)[C@@H]2C=C[C@@H](O2)C1(Cl)Cl. The molecule has 2 nitrogen and oxygen atoms in total. The second kappa shape index (κ2) is 2.91. The fourth-order valence-corrected chi connectivity index (χ4v) is 2.86. The number of rotatable bonds is 0. The number of halogens is 4. The Morgan fingerprint density at radius 1 is 1.00 bits per heavy atom. The summed E-state index contributed by atoms with van der Waals surface area (Å²) in [5.41, 5.74) is 0. The van der Waals surface area contributed by atoms with Crippen LogP contribution in [0.15, 0.2) is 12.2 Å². The van der Waals surface area contributed by atoms with E-state index in [2.05, 4.69) is 0 Å². The van der Waals surface area contributed by atoms with Crippen LogP contribution in [0.5, 0.6) is 0 Å². The van der Waals surface area contributed by atoms with Crippen LogP contribution in [-0.4, -0.2) is 32.1 Å². The van der Waals surface area contributed by atoms with Gasteiger partial charge in [-0.05, 0) is 0 Å². The van der Waals surface area contributed by atoms with Gasteiger partial charge in [-0.25, -0.2) is 0 Å².